The van der Waals surface area contributed by atoms with Crippen LogP contribution in [0.15, 0.2) is 24.3 Å². The Bertz CT molecular complexity index is 1320. The summed E-state index contributed by atoms with van der Waals surface area (Å²) in [6, 6.07) is 7.22. The van der Waals surface area contributed by atoms with Crippen LogP contribution in [0.5, 0.6) is 0 Å². The van der Waals surface area contributed by atoms with Crippen LogP contribution < -0.4 is 5.32 Å². The lowest BCUT2D eigenvalue weighted by Gasteiger charge is -2.17. The number of ether oxygens (including phenoxy) is 1. The molecule has 0 saturated carbocycles. The molecular formula is C17H20Cl2N6O8P2. The van der Waals surface area contributed by atoms with Gasteiger partial charge in [0.05, 0.1) is 12.7 Å². The van der Waals surface area contributed by atoms with Crippen LogP contribution in [0.25, 0.3) is 11.2 Å². The Kier molecular flexibility index (Phi) is 7.79. The van der Waals surface area contributed by atoms with Gasteiger partial charge in [0.1, 0.15) is 6.10 Å². The van der Waals surface area contributed by atoms with Crippen LogP contribution in [0.3, 0.4) is 0 Å². The van der Waals surface area contributed by atoms with Crippen molar-refractivity contribution < 1.29 is 38.2 Å². The number of anilines is 1. The third kappa shape index (κ3) is 6.55. The molecule has 14 nitrogen and oxygen atoms in total. The molecule has 35 heavy (non-hydrogen) atoms. The van der Waals surface area contributed by atoms with Crippen molar-refractivity contribution in [3.8, 4) is 0 Å². The van der Waals surface area contributed by atoms with Crippen molar-refractivity contribution in [3.63, 3.8) is 0 Å². The first-order valence-corrected chi connectivity index (χ1v) is 14.3. The van der Waals surface area contributed by atoms with E-state index in [0.29, 0.717) is 11.6 Å². The maximum absolute atomic E-state index is 11.9. The van der Waals surface area contributed by atoms with Crippen LogP contribution in [0.2, 0.25) is 10.3 Å². The number of aliphatic hydroxyl groups is 1. The topological polar surface area (TPSA) is 202 Å². The van der Waals surface area contributed by atoms with Gasteiger partial charge in [-0.3, -0.25) is 9.13 Å². The molecule has 2 aromatic heterocycles. The number of nitrogens with one attached hydrogen (secondary N) is 1. The fourth-order valence-electron chi connectivity index (χ4n) is 3.45. The lowest BCUT2D eigenvalue weighted by atomic mass is 10.2. The molecule has 1 aliphatic rings. The van der Waals surface area contributed by atoms with Crippen molar-refractivity contribution in [2.45, 2.75) is 31.4 Å². The minimum atomic E-state index is -4.77. The van der Waals surface area contributed by atoms with E-state index < -0.39 is 46.1 Å². The highest BCUT2D eigenvalue weighted by Gasteiger charge is 2.39. The largest absolute Gasteiger partial charge is 0.388 e. The molecule has 1 aliphatic heterocycles. The van der Waals surface area contributed by atoms with Crippen molar-refractivity contribution in [2.75, 3.05) is 17.8 Å². The monoisotopic (exact) mass is 568 g/mol. The van der Waals surface area contributed by atoms with Crippen molar-refractivity contribution in [1.82, 2.24) is 25.0 Å². The van der Waals surface area contributed by atoms with Crippen LogP contribution in [0.4, 0.5) is 5.82 Å². The average molecular weight is 569 g/mol. The van der Waals surface area contributed by atoms with Gasteiger partial charge >= 0.3 is 15.2 Å². The highest BCUT2D eigenvalue weighted by Crippen LogP contribution is 2.55. The Labute approximate surface area is 207 Å². The fourth-order valence-corrected chi connectivity index (χ4v) is 6.40. The molecule has 0 radical (unpaired) electrons. The lowest BCUT2D eigenvalue weighted by Crippen LogP contribution is -2.21. The Morgan fingerprint density at radius 1 is 1.20 bits per heavy atom. The summed E-state index contributed by atoms with van der Waals surface area (Å²) in [6.07, 6.45) is -3.10. The standard InChI is InChI=1S/C17H20Cl2N6O8P2/c18-11-4-2-1-3-9(11)6-20-14-13-15(22-17(19)21-14)25(24-23-13)16-12(26)5-10(33-16)7-32-35(30,31)8-34(27,28)29/h1-4,10,12,16,26H,5-8H2,(H,30,31)(H,20,21,22)(H2,27,28,29)/t10-,12+,16+/m0/s1. The number of hydrogen-bond donors (Lipinski definition) is 5. The van der Waals surface area contributed by atoms with Gasteiger partial charge in [-0.2, -0.15) is 14.6 Å². The van der Waals surface area contributed by atoms with Gasteiger partial charge in [0.15, 0.2) is 29.1 Å². The first kappa shape index (κ1) is 26.4. The Morgan fingerprint density at radius 3 is 2.66 bits per heavy atom. The van der Waals surface area contributed by atoms with E-state index in [1.807, 2.05) is 12.1 Å². The number of halogens is 2. The molecular weight excluding hydrogens is 549 g/mol. The molecule has 1 unspecified atom stereocenters. The molecule has 0 amide bonds. The number of aliphatic hydroxyl groups excluding tert-OH is 1. The highest BCUT2D eigenvalue weighted by molar-refractivity contribution is 7.70. The van der Waals surface area contributed by atoms with E-state index in [0.717, 1.165) is 5.56 Å². The summed E-state index contributed by atoms with van der Waals surface area (Å²) in [5.41, 5.74) is 1.21. The summed E-state index contributed by atoms with van der Waals surface area (Å²) in [4.78, 5) is 35.7. The van der Waals surface area contributed by atoms with E-state index in [4.69, 9.17) is 42.2 Å². The molecule has 4 atom stereocenters. The summed E-state index contributed by atoms with van der Waals surface area (Å²) >= 11 is 12.3. The van der Waals surface area contributed by atoms with Gasteiger partial charge in [0, 0.05) is 18.0 Å². The van der Waals surface area contributed by atoms with Gasteiger partial charge in [0.2, 0.25) is 5.28 Å². The molecule has 1 saturated heterocycles. The normalized spacial score (nSPS) is 22.4. The molecule has 5 N–H and O–H groups in total. The third-order valence-corrected chi connectivity index (χ3v) is 8.93. The molecule has 3 aromatic rings. The summed E-state index contributed by atoms with van der Waals surface area (Å²) < 4.78 is 34.5. The zero-order valence-corrected chi connectivity index (χ0v) is 21.0. The fraction of sp³-hybridized carbons (Fsp3) is 0.412. The number of nitrogens with zero attached hydrogens (tertiary/aromatic N) is 5. The molecule has 190 valence electrons. The number of rotatable bonds is 9. The Hall–Kier alpha value is -1.70. The van der Waals surface area contributed by atoms with E-state index in [2.05, 4.69) is 25.6 Å². The summed E-state index contributed by atoms with van der Waals surface area (Å²) in [6.45, 7) is -0.179. The van der Waals surface area contributed by atoms with Gasteiger partial charge in [-0.25, -0.2) is 0 Å². The molecule has 0 spiro atoms. The van der Waals surface area contributed by atoms with E-state index in [1.54, 1.807) is 12.1 Å². The van der Waals surface area contributed by atoms with E-state index in [1.165, 1.54) is 4.68 Å². The zero-order valence-electron chi connectivity index (χ0n) is 17.7. The molecule has 0 aliphatic carbocycles. The quantitative estimate of drug-likeness (QED) is 0.185. The van der Waals surface area contributed by atoms with Crippen molar-refractivity contribution in [2.24, 2.45) is 0 Å². The van der Waals surface area contributed by atoms with Crippen LogP contribution in [0, 0.1) is 0 Å². The second-order valence-electron chi connectivity index (χ2n) is 7.68. The second-order valence-corrected chi connectivity index (χ2v) is 12.4. The van der Waals surface area contributed by atoms with E-state index in [9.17, 15) is 19.1 Å². The number of benzene rings is 1. The summed E-state index contributed by atoms with van der Waals surface area (Å²) in [7, 11) is -9.34. The minimum Gasteiger partial charge on any atom is -0.388 e. The molecule has 0 bridgehead atoms. The van der Waals surface area contributed by atoms with E-state index in [-0.39, 0.29) is 28.7 Å². The SMILES string of the molecule is O=P(O)(O)CP(=O)(O)OC[C@@H]1C[C@@H](O)[C@H](n2nnc3c(NCc4ccccc4Cl)nc(Cl)nc32)O1. The predicted octanol–water partition coefficient (Wildman–Crippen LogP) is 2.13. The van der Waals surface area contributed by atoms with Gasteiger partial charge in [0.25, 0.3) is 0 Å². The van der Waals surface area contributed by atoms with Crippen LogP contribution in [0.1, 0.15) is 18.2 Å². The predicted molar refractivity (Wildman–Crippen MR) is 124 cm³/mol. The molecule has 3 heterocycles. The van der Waals surface area contributed by atoms with Crippen molar-refractivity contribution in [1.29, 1.82) is 0 Å². The first-order chi connectivity index (χ1) is 16.4. The van der Waals surface area contributed by atoms with Gasteiger partial charge in [-0.1, -0.05) is 35.0 Å². The second kappa shape index (κ2) is 10.3. The summed E-state index contributed by atoms with van der Waals surface area (Å²) in [5, 5.41) is 22.1. The van der Waals surface area contributed by atoms with Gasteiger partial charge in [-0.05, 0) is 23.2 Å². The first-order valence-electron chi connectivity index (χ1n) is 10.0. The van der Waals surface area contributed by atoms with Crippen LogP contribution >= 0.6 is 38.4 Å². The maximum Gasteiger partial charge on any atom is 0.340 e. The number of aromatic nitrogens is 5. The lowest BCUT2D eigenvalue weighted by molar-refractivity contribution is -0.0537. The summed E-state index contributed by atoms with van der Waals surface area (Å²) in [5.74, 6) is -1.05. The Morgan fingerprint density at radius 2 is 1.94 bits per heavy atom. The van der Waals surface area contributed by atoms with E-state index >= 15 is 0 Å². The molecule has 4 rings (SSSR count). The molecule has 1 aromatic carbocycles. The molecule has 1 fully saturated rings. The minimum absolute atomic E-state index is 0.0155. The number of hydrogen-bond acceptors (Lipinski definition) is 10. The smallest absolute Gasteiger partial charge is 0.340 e. The zero-order chi connectivity index (χ0) is 25.4. The highest BCUT2D eigenvalue weighted by atomic mass is 35.5. The number of fused-ring (bicyclic) bond motifs is 1. The van der Waals surface area contributed by atoms with Gasteiger partial charge < -0.3 is 34.4 Å². The van der Waals surface area contributed by atoms with Crippen LogP contribution in [-0.4, -0.2) is 69.5 Å². The van der Waals surface area contributed by atoms with Gasteiger partial charge in [-0.15, -0.1) is 5.10 Å². The maximum atomic E-state index is 11.9. The van der Waals surface area contributed by atoms with Crippen molar-refractivity contribution in [3.05, 3.63) is 40.1 Å². The average Bonchev–Trinajstić information content (AvgIpc) is 3.32. The third-order valence-electron chi connectivity index (χ3n) is 4.93. The van der Waals surface area contributed by atoms with Crippen LogP contribution in [-0.2, 0) is 24.9 Å². The van der Waals surface area contributed by atoms with Crippen molar-refractivity contribution >= 4 is 55.4 Å². The Balaban J connectivity index is 1.49. The molecule has 18 heteroatoms.